The quantitative estimate of drug-likeness (QED) is 0.632. The lowest BCUT2D eigenvalue weighted by atomic mass is 10.2. The van der Waals surface area contributed by atoms with E-state index < -0.39 is 0 Å². The molecule has 66 valence electrons. The average molecular weight is 166 g/mol. The normalized spacial score (nSPS) is 21.2. The predicted molar refractivity (Wildman–Crippen MR) is 46.6 cm³/mol. The fraction of sp³-hybridized carbons (Fsp3) is 0.667. The molecule has 0 bridgehead atoms. The Hall–Kier alpha value is -0.850. The summed E-state index contributed by atoms with van der Waals surface area (Å²) in [5.74, 6) is 0. The van der Waals surface area contributed by atoms with Crippen LogP contribution in [0.4, 0.5) is 0 Å². The molecule has 0 radical (unpaired) electrons. The van der Waals surface area contributed by atoms with Crippen LogP contribution in [-0.4, -0.2) is 25.3 Å². The van der Waals surface area contributed by atoms with Crippen LogP contribution < -0.4 is 5.32 Å². The minimum absolute atomic E-state index is 0.263. The van der Waals surface area contributed by atoms with Crippen molar-refractivity contribution in [2.45, 2.75) is 25.9 Å². The second-order valence-corrected chi connectivity index (χ2v) is 3.15. The molecular weight excluding hydrogens is 152 g/mol. The van der Waals surface area contributed by atoms with E-state index in [-0.39, 0.29) is 6.04 Å². The van der Waals surface area contributed by atoms with Gasteiger partial charge in [-0.2, -0.15) is 5.26 Å². The molecule has 0 spiro atoms. The molecule has 0 aliphatic carbocycles. The third kappa shape index (κ3) is 2.65. The maximum absolute atomic E-state index is 8.52. The largest absolute Gasteiger partial charge is 0.378 e. The van der Waals surface area contributed by atoms with Gasteiger partial charge in [0.15, 0.2) is 0 Å². The molecule has 1 aliphatic rings. The van der Waals surface area contributed by atoms with Crippen molar-refractivity contribution in [3.05, 3.63) is 11.6 Å². The van der Waals surface area contributed by atoms with Crippen molar-refractivity contribution in [3.63, 3.8) is 0 Å². The van der Waals surface area contributed by atoms with Crippen molar-refractivity contribution < 1.29 is 4.74 Å². The van der Waals surface area contributed by atoms with Gasteiger partial charge in [-0.3, -0.25) is 0 Å². The Morgan fingerprint density at radius 2 is 2.42 bits per heavy atom. The van der Waals surface area contributed by atoms with Crippen LogP contribution in [0, 0.1) is 11.3 Å². The minimum Gasteiger partial charge on any atom is -0.378 e. The van der Waals surface area contributed by atoms with E-state index in [9.17, 15) is 0 Å². The van der Waals surface area contributed by atoms with Crippen molar-refractivity contribution in [1.29, 1.82) is 5.26 Å². The molecule has 1 fully saturated rings. The molecule has 3 heteroatoms. The Balaban J connectivity index is 2.28. The van der Waals surface area contributed by atoms with E-state index in [0.29, 0.717) is 6.04 Å². The molecule has 3 nitrogen and oxygen atoms in total. The Kier molecular flexibility index (Phi) is 3.27. The topological polar surface area (TPSA) is 45.0 Å². The number of nitrogens with zero attached hydrogens (tertiary/aromatic N) is 1. The van der Waals surface area contributed by atoms with Gasteiger partial charge >= 0.3 is 0 Å². The predicted octanol–water partition coefficient (Wildman–Crippen LogP) is 0.833. The first kappa shape index (κ1) is 9.24. The lowest BCUT2D eigenvalue weighted by Crippen LogP contribution is -2.49. The third-order valence-electron chi connectivity index (χ3n) is 1.81. The summed E-state index contributed by atoms with van der Waals surface area (Å²) in [5.41, 5.74) is 0.759. The molecule has 1 N–H and O–H groups in total. The van der Waals surface area contributed by atoms with E-state index in [0.717, 1.165) is 18.8 Å². The molecular formula is C9H14N2O. The van der Waals surface area contributed by atoms with Crippen LogP contribution in [0.25, 0.3) is 0 Å². The van der Waals surface area contributed by atoms with Crippen molar-refractivity contribution in [3.8, 4) is 6.07 Å². The number of allylic oxidation sites excluding steroid dienone is 1. The van der Waals surface area contributed by atoms with E-state index in [1.165, 1.54) is 0 Å². The number of nitrogens with one attached hydrogen (secondary N) is 1. The van der Waals surface area contributed by atoms with E-state index >= 15 is 0 Å². The molecule has 1 unspecified atom stereocenters. The van der Waals surface area contributed by atoms with Gasteiger partial charge in [0, 0.05) is 11.6 Å². The smallest absolute Gasteiger partial charge is 0.0941 e. The van der Waals surface area contributed by atoms with Gasteiger partial charge < -0.3 is 10.1 Å². The van der Waals surface area contributed by atoms with E-state index in [2.05, 4.69) is 11.4 Å². The highest BCUT2D eigenvalue weighted by Crippen LogP contribution is 2.02. The van der Waals surface area contributed by atoms with Gasteiger partial charge in [-0.15, -0.1) is 0 Å². The standard InChI is InChI=1S/C9H14N2O/c1-7(4-10)3-8(2)11-9-5-12-6-9/h3,8-9,11H,5-6H2,1-2H3. The highest BCUT2D eigenvalue weighted by molar-refractivity contribution is 5.19. The summed E-state index contributed by atoms with van der Waals surface area (Å²) >= 11 is 0. The molecule has 0 aromatic rings. The minimum atomic E-state index is 0.263. The number of rotatable bonds is 3. The van der Waals surface area contributed by atoms with Gasteiger partial charge in [-0.25, -0.2) is 0 Å². The van der Waals surface area contributed by atoms with Crippen LogP contribution >= 0.6 is 0 Å². The van der Waals surface area contributed by atoms with Gasteiger partial charge in [-0.1, -0.05) is 6.08 Å². The molecule has 12 heavy (non-hydrogen) atoms. The maximum Gasteiger partial charge on any atom is 0.0941 e. The highest BCUT2D eigenvalue weighted by Gasteiger charge is 2.18. The first-order valence-electron chi connectivity index (χ1n) is 4.14. The summed E-state index contributed by atoms with van der Waals surface area (Å²) in [6.07, 6.45) is 1.93. The maximum atomic E-state index is 8.52. The Morgan fingerprint density at radius 3 is 2.83 bits per heavy atom. The molecule has 1 saturated heterocycles. The summed E-state index contributed by atoms with van der Waals surface area (Å²) in [6, 6.07) is 2.83. The average Bonchev–Trinajstić information content (AvgIpc) is 1.97. The van der Waals surface area contributed by atoms with Crippen LogP contribution in [0.15, 0.2) is 11.6 Å². The molecule has 0 aromatic carbocycles. The zero-order valence-corrected chi connectivity index (χ0v) is 7.50. The fourth-order valence-corrected chi connectivity index (χ4v) is 1.16. The lowest BCUT2D eigenvalue weighted by Gasteiger charge is -2.29. The second-order valence-electron chi connectivity index (χ2n) is 3.15. The summed E-state index contributed by atoms with van der Waals surface area (Å²) < 4.78 is 5.02. The van der Waals surface area contributed by atoms with Crippen molar-refractivity contribution in [2.24, 2.45) is 0 Å². The Morgan fingerprint density at radius 1 is 1.75 bits per heavy atom. The lowest BCUT2D eigenvalue weighted by molar-refractivity contribution is -0.00711. The molecule has 1 atom stereocenters. The monoisotopic (exact) mass is 166 g/mol. The molecule has 1 heterocycles. The first-order valence-corrected chi connectivity index (χ1v) is 4.14. The van der Waals surface area contributed by atoms with Gasteiger partial charge in [-0.05, 0) is 13.8 Å². The summed E-state index contributed by atoms with van der Waals surface area (Å²) in [4.78, 5) is 0. The number of hydrogen-bond acceptors (Lipinski definition) is 3. The Bertz CT molecular complexity index is 213. The van der Waals surface area contributed by atoms with Crippen molar-refractivity contribution in [2.75, 3.05) is 13.2 Å². The van der Waals surface area contributed by atoms with Crippen LogP contribution in [0.5, 0.6) is 0 Å². The first-order chi connectivity index (χ1) is 5.72. The van der Waals surface area contributed by atoms with Crippen LogP contribution in [-0.2, 0) is 4.74 Å². The van der Waals surface area contributed by atoms with Gasteiger partial charge in [0.25, 0.3) is 0 Å². The molecule has 0 amide bonds. The zero-order chi connectivity index (χ0) is 8.97. The van der Waals surface area contributed by atoms with E-state index in [1.807, 2.05) is 19.9 Å². The summed E-state index contributed by atoms with van der Waals surface area (Å²) in [6.45, 7) is 5.45. The Labute approximate surface area is 73.0 Å². The number of ether oxygens (including phenoxy) is 1. The number of nitriles is 1. The van der Waals surface area contributed by atoms with Gasteiger partial charge in [0.2, 0.25) is 0 Å². The van der Waals surface area contributed by atoms with Crippen LogP contribution in [0.2, 0.25) is 0 Å². The van der Waals surface area contributed by atoms with Crippen molar-refractivity contribution >= 4 is 0 Å². The molecule has 0 aromatic heterocycles. The summed E-state index contributed by atoms with van der Waals surface area (Å²) in [7, 11) is 0. The van der Waals surface area contributed by atoms with Gasteiger partial charge in [0.05, 0.1) is 25.3 Å². The van der Waals surface area contributed by atoms with Crippen LogP contribution in [0.3, 0.4) is 0 Å². The molecule has 1 aliphatic heterocycles. The summed E-state index contributed by atoms with van der Waals surface area (Å²) in [5, 5.41) is 11.8. The number of hydrogen-bond donors (Lipinski definition) is 1. The zero-order valence-electron chi connectivity index (χ0n) is 7.50. The molecule has 1 rings (SSSR count). The third-order valence-corrected chi connectivity index (χ3v) is 1.81. The fourth-order valence-electron chi connectivity index (χ4n) is 1.16. The van der Waals surface area contributed by atoms with Crippen molar-refractivity contribution in [1.82, 2.24) is 5.32 Å². The van der Waals surface area contributed by atoms with Crippen LogP contribution in [0.1, 0.15) is 13.8 Å². The highest BCUT2D eigenvalue weighted by atomic mass is 16.5. The molecule has 0 saturated carbocycles. The van der Waals surface area contributed by atoms with E-state index in [1.54, 1.807) is 0 Å². The van der Waals surface area contributed by atoms with E-state index in [4.69, 9.17) is 10.00 Å². The van der Waals surface area contributed by atoms with Gasteiger partial charge in [0.1, 0.15) is 0 Å². The SMILES string of the molecule is CC(C#N)=CC(C)NC1COC1. The second kappa shape index (κ2) is 4.24.